The fourth-order valence-electron chi connectivity index (χ4n) is 1.86. The van der Waals surface area contributed by atoms with Gasteiger partial charge in [-0.2, -0.15) is 0 Å². The average Bonchev–Trinajstić information content (AvgIpc) is 2.96. The molecule has 2 heterocycles. The summed E-state index contributed by atoms with van der Waals surface area (Å²) in [5.41, 5.74) is 6.40. The first-order chi connectivity index (χ1) is 10.5. The number of benzene rings is 1. The van der Waals surface area contributed by atoms with Crippen LogP contribution in [0, 0.1) is 0 Å². The molecular formula is C14H10ClN3O3S. The van der Waals surface area contributed by atoms with Crippen LogP contribution in [0.1, 0.15) is 16.1 Å². The number of fused-ring (bicyclic) bond motifs is 1. The van der Waals surface area contributed by atoms with Gasteiger partial charge in [-0.3, -0.25) is 9.20 Å². The van der Waals surface area contributed by atoms with Crippen molar-refractivity contribution in [3.8, 4) is 0 Å². The van der Waals surface area contributed by atoms with Gasteiger partial charge in [0.2, 0.25) is 0 Å². The van der Waals surface area contributed by atoms with Crippen LogP contribution in [0.4, 0.5) is 5.69 Å². The van der Waals surface area contributed by atoms with Crippen molar-refractivity contribution in [2.24, 2.45) is 0 Å². The third kappa shape index (κ3) is 2.81. The lowest BCUT2D eigenvalue weighted by Crippen LogP contribution is -2.14. The van der Waals surface area contributed by atoms with Crippen molar-refractivity contribution in [1.29, 1.82) is 0 Å². The molecule has 0 radical (unpaired) electrons. The van der Waals surface area contributed by atoms with Crippen molar-refractivity contribution in [3.05, 3.63) is 62.5 Å². The number of aromatic nitrogens is 2. The van der Waals surface area contributed by atoms with Gasteiger partial charge in [0.1, 0.15) is 6.61 Å². The summed E-state index contributed by atoms with van der Waals surface area (Å²) in [5.74, 6) is -0.559. The Morgan fingerprint density at radius 2 is 2.23 bits per heavy atom. The smallest absolute Gasteiger partial charge is 0.338 e. The van der Waals surface area contributed by atoms with E-state index in [9.17, 15) is 9.59 Å². The van der Waals surface area contributed by atoms with Crippen LogP contribution in [0.25, 0.3) is 4.96 Å². The van der Waals surface area contributed by atoms with Gasteiger partial charge < -0.3 is 10.5 Å². The van der Waals surface area contributed by atoms with E-state index in [2.05, 4.69) is 4.98 Å². The van der Waals surface area contributed by atoms with Crippen LogP contribution in [0.5, 0.6) is 0 Å². The first-order valence-electron chi connectivity index (χ1n) is 6.22. The molecule has 0 atom stereocenters. The summed E-state index contributed by atoms with van der Waals surface area (Å²) < 4.78 is 6.57. The topological polar surface area (TPSA) is 86.7 Å². The number of thiazole rings is 1. The molecule has 1 aromatic carbocycles. The zero-order chi connectivity index (χ0) is 15.7. The monoisotopic (exact) mass is 335 g/mol. The van der Waals surface area contributed by atoms with Crippen LogP contribution in [-0.2, 0) is 11.3 Å². The number of nitrogens with zero attached hydrogens (tertiary/aromatic N) is 2. The Labute approximate surface area is 133 Å². The van der Waals surface area contributed by atoms with Crippen molar-refractivity contribution in [2.75, 3.05) is 5.73 Å². The van der Waals surface area contributed by atoms with Crippen LogP contribution in [0.2, 0.25) is 5.02 Å². The summed E-state index contributed by atoms with van der Waals surface area (Å²) in [5, 5.41) is 2.13. The predicted octanol–water partition coefficient (Wildman–Crippen LogP) is 2.35. The Morgan fingerprint density at radius 1 is 1.41 bits per heavy atom. The minimum atomic E-state index is -0.559. The molecule has 3 rings (SSSR count). The number of anilines is 1. The van der Waals surface area contributed by atoms with E-state index in [1.807, 2.05) is 0 Å². The summed E-state index contributed by atoms with van der Waals surface area (Å²) in [6.45, 7) is -0.0923. The summed E-state index contributed by atoms with van der Waals surface area (Å²) in [7, 11) is 0. The number of nitrogens with two attached hydrogens (primary N) is 1. The van der Waals surface area contributed by atoms with Crippen LogP contribution in [0.3, 0.4) is 0 Å². The first kappa shape index (κ1) is 14.6. The van der Waals surface area contributed by atoms with Crippen LogP contribution in [-0.4, -0.2) is 15.4 Å². The van der Waals surface area contributed by atoms with Crippen LogP contribution in [0.15, 0.2) is 40.6 Å². The minimum Gasteiger partial charge on any atom is -0.456 e. The van der Waals surface area contributed by atoms with Gasteiger partial charge in [-0.15, -0.1) is 11.3 Å². The SMILES string of the molecule is Nc1cc(C(=O)OCc2cc(=O)n3ccsc3n2)ccc1Cl. The third-order valence-electron chi connectivity index (χ3n) is 2.94. The summed E-state index contributed by atoms with van der Waals surface area (Å²) in [4.78, 5) is 28.6. The Bertz CT molecular complexity index is 919. The number of nitrogen functional groups attached to an aromatic ring is 1. The fraction of sp³-hybridized carbons (Fsp3) is 0.0714. The normalized spacial score (nSPS) is 10.8. The zero-order valence-electron chi connectivity index (χ0n) is 11.2. The van der Waals surface area contributed by atoms with E-state index in [1.165, 1.54) is 40.0 Å². The molecule has 3 aromatic rings. The molecule has 0 unspecified atom stereocenters. The van der Waals surface area contributed by atoms with E-state index < -0.39 is 5.97 Å². The molecule has 112 valence electrons. The Kier molecular flexibility index (Phi) is 3.82. The molecular weight excluding hydrogens is 326 g/mol. The maximum Gasteiger partial charge on any atom is 0.338 e. The van der Waals surface area contributed by atoms with E-state index in [1.54, 1.807) is 11.6 Å². The predicted molar refractivity (Wildman–Crippen MR) is 84.3 cm³/mol. The number of carbonyl (C=O) groups excluding carboxylic acids is 1. The fourth-order valence-corrected chi connectivity index (χ4v) is 2.71. The Morgan fingerprint density at radius 3 is 3.00 bits per heavy atom. The molecule has 0 amide bonds. The minimum absolute atomic E-state index is 0.0923. The van der Waals surface area contributed by atoms with Crippen molar-refractivity contribution in [2.45, 2.75) is 6.61 Å². The largest absolute Gasteiger partial charge is 0.456 e. The number of carbonyl (C=O) groups is 1. The first-order valence-corrected chi connectivity index (χ1v) is 7.48. The second-order valence-electron chi connectivity index (χ2n) is 4.45. The molecule has 0 bridgehead atoms. The highest BCUT2D eigenvalue weighted by molar-refractivity contribution is 7.15. The highest BCUT2D eigenvalue weighted by Gasteiger charge is 2.11. The van der Waals surface area contributed by atoms with E-state index in [-0.39, 0.29) is 17.7 Å². The number of hydrogen-bond acceptors (Lipinski definition) is 6. The molecule has 2 aromatic heterocycles. The molecule has 6 nitrogen and oxygen atoms in total. The van der Waals surface area contributed by atoms with Gasteiger partial charge in [0.25, 0.3) is 5.56 Å². The van der Waals surface area contributed by atoms with Gasteiger partial charge in [-0.25, -0.2) is 9.78 Å². The van der Waals surface area contributed by atoms with Gasteiger partial charge in [0.05, 0.1) is 22.0 Å². The molecule has 2 N–H and O–H groups in total. The molecule has 0 saturated carbocycles. The number of esters is 1. The quantitative estimate of drug-likeness (QED) is 0.586. The van der Waals surface area contributed by atoms with Crippen molar-refractivity contribution >= 4 is 39.6 Å². The van der Waals surface area contributed by atoms with E-state index in [0.717, 1.165) is 0 Å². The van der Waals surface area contributed by atoms with Gasteiger partial charge in [0, 0.05) is 17.6 Å². The zero-order valence-corrected chi connectivity index (χ0v) is 12.7. The Hall–Kier alpha value is -2.38. The third-order valence-corrected chi connectivity index (χ3v) is 4.04. The van der Waals surface area contributed by atoms with E-state index >= 15 is 0 Å². The molecule has 0 aliphatic heterocycles. The molecule has 22 heavy (non-hydrogen) atoms. The molecule has 0 saturated heterocycles. The number of ether oxygens (including phenoxy) is 1. The van der Waals surface area contributed by atoms with Gasteiger partial charge in [0.15, 0.2) is 4.96 Å². The summed E-state index contributed by atoms with van der Waals surface area (Å²) in [6.07, 6.45) is 1.64. The highest BCUT2D eigenvalue weighted by atomic mass is 35.5. The Balaban J connectivity index is 1.76. The van der Waals surface area contributed by atoms with Crippen LogP contribution >= 0.6 is 22.9 Å². The van der Waals surface area contributed by atoms with Crippen molar-refractivity contribution in [3.63, 3.8) is 0 Å². The molecule has 0 aliphatic carbocycles. The average molecular weight is 336 g/mol. The maximum atomic E-state index is 12.0. The van der Waals surface area contributed by atoms with E-state index in [4.69, 9.17) is 22.1 Å². The van der Waals surface area contributed by atoms with Gasteiger partial charge in [-0.1, -0.05) is 11.6 Å². The lowest BCUT2D eigenvalue weighted by atomic mass is 10.2. The second-order valence-corrected chi connectivity index (χ2v) is 5.73. The lowest BCUT2D eigenvalue weighted by molar-refractivity contribution is 0.0468. The highest BCUT2D eigenvalue weighted by Crippen LogP contribution is 2.20. The maximum absolute atomic E-state index is 12.0. The van der Waals surface area contributed by atoms with E-state index in [0.29, 0.717) is 21.4 Å². The van der Waals surface area contributed by atoms with Gasteiger partial charge in [-0.05, 0) is 18.2 Å². The number of rotatable bonds is 3. The lowest BCUT2D eigenvalue weighted by Gasteiger charge is -2.06. The molecule has 0 spiro atoms. The second kappa shape index (κ2) is 5.78. The van der Waals surface area contributed by atoms with Crippen molar-refractivity contribution < 1.29 is 9.53 Å². The number of halogens is 1. The molecule has 0 fully saturated rings. The molecule has 8 heteroatoms. The van der Waals surface area contributed by atoms with Crippen molar-refractivity contribution in [1.82, 2.24) is 9.38 Å². The summed E-state index contributed by atoms with van der Waals surface area (Å²) >= 11 is 7.13. The molecule has 0 aliphatic rings. The standard InChI is InChI=1S/C14H10ClN3O3S/c15-10-2-1-8(5-11(10)16)13(20)21-7-9-6-12(19)18-3-4-22-14(18)17-9/h1-6H,7,16H2. The summed E-state index contributed by atoms with van der Waals surface area (Å²) in [6, 6.07) is 5.82. The number of hydrogen-bond donors (Lipinski definition) is 1. The van der Waals surface area contributed by atoms with Gasteiger partial charge >= 0.3 is 5.97 Å². The van der Waals surface area contributed by atoms with Crippen LogP contribution < -0.4 is 11.3 Å².